The summed E-state index contributed by atoms with van der Waals surface area (Å²) in [6.45, 7) is 6.16. The summed E-state index contributed by atoms with van der Waals surface area (Å²) in [6, 6.07) is 26.6. The van der Waals surface area contributed by atoms with Gasteiger partial charge in [0.05, 0.1) is 28.7 Å². The zero-order valence-corrected chi connectivity index (χ0v) is 26.2. The summed E-state index contributed by atoms with van der Waals surface area (Å²) in [4.78, 5) is 12.4. The van der Waals surface area contributed by atoms with E-state index in [0.29, 0.717) is 45.6 Å². The van der Waals surface area contributed by atoms with Crippen LogP contribution >= 0.6 is 11.6 Å². The van der Waals surface area contributed by atoms with Crippen LogP contribution in [0.5, 0.6) is 17.2 Å². The fraction of sp³-hybridized carbons (Fsp3) is 0.143. The zero-order valence-electron chi connectivity index (χ0n) is 24.7. The van der Waals surface area contributed by atoms with Gasteiger partial charge in [0, 0.05) is 21.8 Å². The highest BCUT2D eigenvalue weighted by Crippen LogP contribution is 2.39. The van der Waals surface area contributed by atoms with Crippen molar-refractivity contribution in [2.45, 2.75) is 25.7 Å². The molecule has 5 aromatic rings. The number of aryl methyl sites for hydroxylation is 1. The molecule has 45 heavy (non-hydrogen) atoms. The molecular weight excluding hydrogens is 612 g/mol. The van der Waals surface area contributed by atoms with E-state index in [1.165, 1.54) is 30.3 Å². The summed E-state index contributed by atoms with van der Waals surface area (Å²) in [5.74, 6) is 0.198. The fourth-order valence-electron chi connectivity index (χ4n) is 4.62. The average Bonchev–Trinajstić information content (AvgIpc) is 3.01. The first-order chi connectivity index (χ1) is 21.4. The van der Waals surface area contributed by atoms with Crippen LogP contribution in [0.3, 0.4) is 0 Å². The van der Waals surface area contributed by atoms with E-state index in [9.17, 15) is 23.6 Å². The average molecular weight is 641 g/mol. The van der Waals surface area contributed by atoms with Crippen molar-refractivity contribution in [1.29, 1.82) is 5.26 Å². The van der Waals surface area contributed by atoms with Crippen LogP contribution in [0.2, 0.25) is 5.02 Å². The SMILES string of the molecule is Cc1ccc(S(=O)(=O)Nc2ccc(Oc3ccc4cc(C#N)ccc4c3)c(-c3ccc(OCC(C)C)cc3C(=O)O)c2)cc1Cl. The number of anilines is 1. The molecule has 228 valence electrons. The highest BCUT2D eigenvalue weighted by atomic mass is 35.5. The zero-order chi connectivity index (χ0) is 32.3. The molecular formula is C35H29ClN2O6S. The van der Waals surface area contributed by atoms with Gasteiger partial charge in [-0.25, -0.2) is 13.2 Å². The molecule has 0 spiro atoms. The Labute approximate surface area is 266 Å². The van der Waals surface area contributed by atoms with Gasteiger partial charge in [0.25, 0.3) is 10.0 Å². The van der Waals surface area contributed by atoms with E-state index in [0.717, 1.165) is 16.3 Å². The minimum Gasteiger partial charge on any atom is -0.493 e. The predicted molar refractivity (Wildman–Crippen MR) is 175 cm³/mol. The second kappa shape index (κ2) is 12.9. The number of benzene rings is 5. The summed E-state index contributed by atoms with van der Waals surface area (Å²) in [7, 11) is -4.04. The first-order valence-corrected chi connectivity index (χ1v) is 15.8. The number of hydrogen-bond donors (Lipinski definition) is 2. The molecule has 0 radical (unpaired) electrons. The molecule has 0 saturated heterocycles. The molecule has 10 heteroatoms. The maximum atomic E-state index is 13.3. The second-order valence-corrected chi connectivity index (χ2v) is 13.0. The maximum Gasteiger partial charge on any atom is 0.336 e. The highest BCUT2D eigenvalue weighted by Gasteiger charge is 2.21. The van der Waals surface area contributed by atoms with Crippen LogP contribution in [0.25, 0.3) is 21.9 Å². The van der Waals surface area contributed by atoms with E-state index < -0.39 is 16.0 Å². The number of rotatable bonds is 10. The molecule has 0 saturated carbocycles. The van der Waals surface area contributed by atoms with Crippen molar-refractivity contribution < 1.29 is 27.8 Å². The first-order valence-electron chi connectivity index (χ1n) is 14.0. The van der Waals surface area contributed by atoms with Gasteiger partial charge < -0.3 is 14.6 Å². The van der Waals surface area contributed by atoms with Gasteiger partial charge in [-0.15, -0.1) is 0 Å². The highest BCUT2D eigenvalue weighted by molar-refractivity contribution is 7.92. The topological polar surface area (TPSA) is 126 Å². The summed E-state index contributed by atoms with van der Waals surface area (Å²) in [6.07, 6.45) is 0. The molecule has 0 aliphatic heterocycles. The quantitative estimate of drug-likeness (QED) is 0.156. The summed E-state index contributed by atoms with van der Waals surface area (Å²) >= 11 is 6.19. The predicted octanol–water partition coefficient (Wildman–Crippen LogP) is 8.67. The lowest BCUT2D eigenvalue weighted by atomic mass is 9.98. The van der Waals surface area contributed by atoms with E-state index in [-0.39, 0.29) is 22.1 Å². The minimum absolute atomic E-state index is 0.0198. The lowest BCUT2D eigenvalue weighted by Gasteiger charge is -2.17. The Morgan fingerprint density at radius 1 is 0.911 bits per heavy atom. The number of carbonyl (C=O) groups is 1. The summed E-state index contributed by atoms with van der Waals surface area (Å²) in [5.41, 5.74) is 2.05. The number of carboxylic acid groups (broad SMARTS) is 1. The van der Waals surface area contributed by atoms with Crippen LogP contribution in [0.4, 0.5) is 5.69 Å². The van der Waals surface area contributed by atoms with Crippen molar-refractivity contribution in [3.05, 3.63) is 113 Å². The van der Waals surface area contributed by atoms with Gasteiger partial charge >= 0.3 is 5.97 Å². The molecule has 0 fully saturated rings. The number of sulfonamides is 1. The van der Waals surface area contributed by atoms with Gasteiger partial charge in [0.2, 0.25) is 0 Å². The van der Waals surface area contributed by atoms with Crippen LogP contribution in [0, 0.1) is 24.2 Å². The number of hydrogen-bond acceptors (Lipinski definition) is 6. The molecule has 5 aromatic carbocycles. The largest absolute Gasteiger partial charge is 0.493 e. The van der Waals surface area contributed by atoms with E-state index in [1.54, 1.807) is 55.5 Å². The Hall–Kier alpha value is -5.04. The van der Waals surface area contributed by atoms with Crippen LogP contribution in [0.1, 0.15) is 35.3 Å². The molecule has 0 bridgehead atoms. The van der Waals surface area contributed by atoms with E-state index >= 15 is 0 Å². The third-order valence-electron chi connectivity index (χ3n) is 6.95. The van der Waals surface area contributed by atoms with Gasteiger partial charge in [-0.2, -0.15) is 5.26 Å². The number of nitrogens with zero attached hydrogens (tertiary/aromatic N) is 1. The van der Waals surface area contributed by atoms with Crippen molar-refractivity contribution in [2.24, 2.45) is 5.92 Å². The molecule has 0 unspecified atom stereocenters. The van der Waals surface area contributed by atoms with Crippen molar-refractivity contribution in [1.82, 2.24) is 0 Å². The third kappa shape index (κ3) is 7.20. The Bertz CT molecular complexity index is 2090. The van der Waals surface area contributed by atoms with Crippen molar-refractivity contribution in [3.63, 3.8) is 0 Å². The number of nitriles is 1. The second-order valence-electron chi connectivity index (χ2n) is 10.9. The maximum absolute atomic E-state index is 13.3. The molecule has 2 N–H and O–H groups in total. The molecule has 0 atom stereocenters. The van der Waals surface area contributed by atoms with Crippen molar-refractivity contribution in [3.8, 4) is 34.4 Å². The molecule has 0 aliphatic carbocycles. The lowest BCUT2D eigenvalue weighted by Crippen LogP contribution is -2.13. The van der Waals surface area contributed by atoms with Gasteiger partial charge in [-0.05, 0) is 102 Å². The third-order valence-corrected chi connectivity index (χ3v) is 8.74. The van der Waals surface area contributed by atoms with Crippen LogP contribution in [-0.4, -0.2) is 26.1 Å². The van der Waals surface area contributed by atoms with Gasteiger partial charge in [-0.1, -0.05) is 43.6 Å². The number of nitrogens with one attached hydrogen (secondary N) is 1. The number of ether oxygens (including phenoxy) is 2. The van der Waals surface area contributed by atoms with Crippen LogP contribution < -0.4 is 14.2 Å². The van der Waals surface area contributed by atoms with Gasteiger partial charge in [0.15, 0.2) is 0 Å². The number of carboxylic acids is 1. The van der Waals surface area contributed by atoms with Crippen molar-refractivity contribution in [2.75, 3.05) is 11.3 Å². The van der Waals surface area contributed by atoms with Gasteiger partial charge in [-0.3, -0.25) is 4.72 Å². The Balaban J connectivity index is 1.59. The Morgan fingerprint density at radius 3 is 2.36 bits per heavy atom. The van der Waals surface area contributed by atoms with E-state index in [4.69, 9.17) is 21.1 Å². The van der Waals surface area contributed by atoms with Crippen LogP contribution in [-0.2, 0) is 10.0 Å². The standard InChI is InChI=1S/C35H29ClN2O6S/c1-21(2)20-43-27-10-12-30(32(17-27)35(39)40)31-16-26(38-45(41,42)29-11-4-22(3)33(36)18-29)8-13-34(31)44-28-9-7-24-14-23(19-37)5-6-25(24)15-28/h4-18,21,38H,20H2,1-3H3,(H,39,40). The molecule has 0 aromatic heterocycles. The molecule has 0 heterocycles. The summed E-state index contributed by atoms with van der Waals surface area (Å²) < 4.78 is 41.2. The number of fused-ring (bicyclic) bond motifs is 1. The first kappa shape index (κ1) is 31.4. The molecule has 8 nitrogen and oxygen atoms in total. The molecule has 0 aliphatic rings. The molecule has 5 rings (SSSR count). The monoisotopic (exact) mass is 640 g/mol. The Morgan fingerprint density at radius 2 is 1.64 bits per heavy atom. The van der Waals surface area contributed by atoms with Crippen LogP contribution in [0.15, 0.2) is 95.9 Å². The lowest BCUT2D eigenvalue weighted by molar-refractivity contribution is 0.0697. The smallest absolute Gasteiger partial charge is 0.336 e. The normalized spacial score (nSPS) is 11.3. The fourth-order valence-corrected chi connectivity index (χ4v) is 5.94. The number of halogens is 1. The Kier molecular flexibility index (Phi) is 9.00. The summed E-state index contributed by atoms with van der Waals surface area (Å²) in [5, 5.41) is 21.4. The van der Waals surface area contributed by atoms with E-state index in [2.05, 4.69) is 10.8 Å². The number of aromatic carboxylic acids is 1. The van der Waals surface area contributed by atoms with Gasteiger partial charge in [0.1, 0.15) is 17.2 Å². The molecule has 0 amide bonds. The minimum atomic E-state index is -4.04. The van der Waals surface area contributed by atoms with E-state index in [1.807, 2.05) is 26.0 Å². The van der Waals surface area contributed by atoms with Crippen molar-refractivity contribution >= 4 is 44.1 Å².